The molecule has 2 aliphatic carbocycles. The highest BCUT2D eigenvalue weighted by Crippen LogP contribution is 2.58. The minimum Gasteiger partial charge on any atom is -0.480 e. The van der Waals surface area contributed by atoms with Crippen LogP contribution in [0.5, 0.6) is 0 Å². The fourth-order valence-corrected chi connectivity index (χ4v) is 3.93. The number of hydrogen-bond acceptors (Lipinski definition) is 4. The largest absolute Gasteiger partial charge is 0.480 e. The highest BCUT2D eigenvalue weighted by Gasteiger charge is 2.48. The fourth-order valence-electron chi connectivity index (χ4n) is 3.93. The minimum atomic E-state index is -0.815. The number of carboxylic acid groups (broad SMARTS) is 1. The minimum absolute atomic E-state index is 0.393. The first kappa shape index (κ1) is 19.0. The van der Waals surface area contributed by atoms with Gasteiger partial charge in [0.25, 0.3) is 0 Å². The monoisotopic (exact) mass is 340 g/mol. The van der Waals surface area contributed by atoms with Crippen LogP contribution in [0.15, 0.2) is 0 Å². The number of ether oxygens (including phenoxy) is 1. The Labute approximate surface area is 144 Å². The lowest BCUT2D eigenvalue weighted by Crippen LogP contribution is -2.51. The zero-order valence-electron chi connectivity index (χ0n) is 15.4. The van der Waals surface area contributed by atoms with E-state index in [1.54, 1.807) is 6.92 Å². The van der Waals surface area contributed by atoms with Crippen molar-refractivity contribution in [2.45, 2.75) is 71.4 Å². The molecule has 0 bridgehead atoms. The fraction of sp³-hybridized carbons (Fsp3) is 0.889. The Bertz CT molecular complexity index is 460. The summed E-state index contributed by atoms with van der Waals surface area (Å²) < 4.78 is 5.21. The average molecular weight is 340 g/mol. The van der Waals surface area contributed by atoms with Gasteiger partial charge in [0.05, 0.1) is 0 Å². The summed E-state index contributed by atoms with van der Waals surface area (Å²) in [6, 6.07) is -0.539. The molecule has 0 radical (unpaired) electrons. The number of nitrogens with zero attached hydrogens (tertiary/aromatic N) is 1. The van der Waals surface area contributed by atoms with Crippen LogP contribution in [-0.4, -0.2) is 53.3 Å². The van der Waals surface area contributed by atoms with Crippen LogP contribution in [0.4, 0.5) is 4.79 Å². The standard InChI is InChI=1S/C18H32N2O4/c1-13(15(21)22)20(9-8-19-16(23)24-17(2,3)4)12-14-10-18(11-14)6-5-7-18/h13-14H,5-12H2,1-4H3,(H,19,23)(H,21,22)/t13-/m0/s1. The van der Waals surface area contributed by atoms with E-state index in [0.29, 0.717) is 24.4 Å². The molecule has 0 heterocycles. The number of hydrogen-bond donors (Lipinski definition) is 2. The molecular weight excluding hydrogens is 308 g/mol. The molecule has 2 fully saturated rings. The number of nitrogens with one attached hydrogen (secondary N) is 1. The zero-order chi connectivity index (χ0) is 18.0. The van der Waals surface area contributed by atoms with E-state index in [4.69, 9.17) is 4.74 Å². The van der Waals surface area contributed by atoms with Gasteiger partial charge in [-0.2, -0.15) is 0 Å². The average Bonchev–Trinajstić information content (AvgIpc) is 2.34. The Balaban J connectivity index is 1.76. The number of carbonyl (C=O) groups is 2. The Morgan fingerprint density at radius 3 is 2.42 bits per heavy atom. The van der Waals surface area contributed by atoms with Crippen molar-refractivity contribution in [1.82, 2.24) is 10.2 Å². The lowest BCUT2D eigenvalue weighted by molar-refractivity contribution is -0.143. The van der Waals surface area contributed by atoms with Gasteiger partial charge in [0.15, 0.2) is 0 Å². The predicted molar refractivity (Wildman–Crippen MR) is 91.9 cm³/mol. The van der Waals surface area contributed by atoms with E-state index in [0.717, 1.165) is 6.54 Å². The van der Waals surface area contributed by atoms with Crippen molar-refractivity contribution in [2.75, 3.05) is 19.6 Å². The van der Waals surface area contributed by atoms with Crippen LogP contribution in [0.25, 0.3) is 0 Å². The van der Waals surface area contributed by atoms with E-state index in [-0.39, 0.29) is 0 Å². The molecule has 0 saturated heterocycles. The van der Waals surface area contributed by atoms with Gasteiger partial charge >= 0.3 is 12.1 Å². The van der Waals surface area contributed by atoms with Crippen molar-refractivity contribution < 1.29 is 19.4 Å². The molecule has 2 N–H and O–H groups in total. The van der Waals surface area contributed by atoms with Crippen LogP contribution in [0.2, 0.25) is 0 Å². The predicted octanol–water partition coefficient (Wildman–Crippen LogP) is 2.87. The molecular formula is C18H32N2O4. The number of aliphatic carboxylic acids is 1. The lowest BCUT2D eigenvalue weighted by Gasteiger charge is -2.55. The third kappa shape index (κ3) is 5.10. The van der Waals surface area contributed by atoms with Crippen LogP contribution in [-0.2, 0) is 9.53 Å². The normalized spacial score (nSPS) is 21.0. The molecule has 1 atom stereocenters. The SMILES string of the molecule is C[C@@H](C(=O)O)N(CCNC(=O)OC(C)(C)C)CC1CC2(CCC2)C1. The van der Waals surface area contributed by atoms with Gasteiger partial charge in [-0.25, -0.2) is 4.79 Å². The first-order valence-electron chi connectivity index (χ1n) is 9.04. The molecule has 0 unspecified atom stereocenters. The summed E-state index contributed by atoms with van der Waals surface area (Å²) in [5.41, 5.74) is 0.0682. The molecule has 2 rings (SSSR count). The summed E-state index contributed by atoms with van der Waals surface area (Å²) in [5, 5.41) is 12.0. The van der Waals surface area contributed by atoms with Gasteiger partial charge in [-0.1, -0.05) is 6.42 Å². The first-order valence-corrected chi connectivity index (χ1v) is 9.04. The van der Waals surface area contributed by atoms with E-state index in [1.807, 2.05) is 25.7 Å². The maximum Gasteiger partial charge on any atom is 0.407 e. The number of carbonyl (C=O) groups excluding carboxylic acids is 1. The van der Waals surface area contributed by atoms with Crippen LogP contribution in [0.3, 0.4) is 0 Å². The van der Waals surface area contributed by atoms with Crippen molar-refractivity contribution in [2.24, 2.45) is 11.3 Å². The topological polar surface area (TPSA) is 78.9 Å². The van der Waals surface area contributed by atoms with Gasteiger partial charge < -0.3 is 15.2 Å². The van der Waals surface area contributed by atoms with Crippen molar-refractivity contribution in [1.29, 1.82) is 0 Å². The Hall–Kier alpha value is -1.30. The highest BCUT2D eigenvalue weighted by molar-refractivity contribution is 5.73. The van der Waals surface area contributed by atoms with Crippen LogP contribution in [0.1, 0.15) is 59.8 Å². The summed E-state index contributed by atoms with van der Waals surface area (Å²) in [4.78, 5) is 25.0. The van der Waals surface area contributed by atoms with E-state index in [2.05, 4.69) is 5.32 Å². The van der Waals surface area contributed by atoms with E-state index < -0.39 is 23.7 Å². The second-order valence-corrected chi connectivity index (χ2v) is 8.57. The molecule has 138 valence electrons. The van der Waals surface area contributed by atoms with Gasteiger partial charge in [-0.3, -0.25) is 9.69 Å². The molecule has 24 heavy (non-hydrogen) atoms. The molecule has 0 aromatic carbocycles. The molecule has 2 aliphatic rings. The molecule has 1 spiro atoms. The summed E-state index contributed by atoms with van der Waals surface area (Å²) in [5.74, 6) is -0.224. The Kier molecular flexibility index (Phi) is 5.78. The van der Waals surface area contributed by atoms with Gasteiger partial charge in [-0.15, -0.1) is 0 Å². The Morgan fingerprint density at radius 1 is 1.33 bits per heavy atom. The van der Waals surface area contributed by atoms with Gasteiger partial charge in [0.1, 0.15) is 11.6 Å². The summed E-state index contributed by atoms with van der Waals surface area (Å²) in [6.07, 6.45) is 6.05. The summed E-state index contributed by atoms with van der Waals surface area (Å²) in [6.45, 7) is 8.88. The van der Waals surface area contributed by atoms with Crippen molar-refractivity contribution in [3.8, 4) is 0 Å². The molecule has 1 amide bonds. The first-order chi connectivity index (χ1) is 11.1. The number of rotatable bonds is 7. The molecule has 0 aliphatic heterocycles. The second kappa shape index (κ2) is 7.30. The van der Waals surface area contributed by atoms with Gasteiger partial charge in [-0.05, 0) is 64.7 Å². The number of alkyl carbamates (subject to hydrolysis) is 1. The van der Waals surface area contributed by atoms with E-state index >= 15 is 0 Å². The van der Waals surface area contributed by atoms with Crippen LogP contribution < -0.4 is 5.32 Å². The molecule has 6 nitrogen and oxygen atoms in total. The highest BCUT2D eigenvalue weighted by atomic mass is 16.6. The van der Waals surface area contributed by atoms with Gasteiger partial charge in [0.2, 0.25) is 0 Å². The Morgan fingerprint density at radius 2 is 1.96 bits per heavy atom. The maximum absolute atomic E-state index is 11.7. The zero-order valence-corrected chi connectivity index (χ0v) is 15.4. The van der Waals surface area contributed by atoms with Crippen LogP contribution >= 0.6 is 0 Å². The third-order valence-corrected chi connectivity index (χ3v) is 5.32. The van der Waals surface area contributed by atoms with E-state index in [9.17, 15) is 14.7 Å². The van der Waals surface area contributed by atoms with Crippen molar-refractivity contribution in [3.05, 3.63) is 0 Å². The molecule has 2 saturated carbocycles. The third-order valence-electron chi connectivity index (χ3n) is 5.32. The quantitative estimate of drug-likeness (QED) is 0.745. The van der Waals surface area contributed by atoms with Gasteiger partial charge in [0, 0.05) is 19.6 Å². The molecule has 6 heteroatoms. The number of carboxylic acids is 1. The van der Waals surface area contributed by atoms with Crippen molar-refractivity contribution >= 4 is 12.1 Å². The second-order valence-electron chi connectivity index (χ2n) is 8.57. The lowest BCUT2D eigenvalue weighted by atomic mass is 9.52. The molecule has 0 aromatic heterocycles. The van der Waals surface area contributed by atoms with Crippen LogP contribution in [0, 0.1) is 11.3 Å². The molecule has 0 aromatic rings. The maximum atomic E-state index is 11.7. The van der Waals surface area contributed by atoms with Crippen molar-refractivity contribution in [3.63, 3.8) is 0 Å². The summed E-state index contributed by atoms with van der Waals surface area (Å²) in [7, 11) is 0. The number of amides is 1. The smallest absolute Gasteiger partial charge is 0.407 e. The summed E-state index contributed by atoms with van der Waals surface area (Å²) >= 11 is 0. The van der Waals surface area contributed by atoms with E-state index in [1.165, 1.54) is 32.1 Å².